The van der Waals surface area contributed by atoms with Crippen molar-refractivity contribution in [3.05, 3.63) is 57.8 Å². The summed E-state index contributed by atoms with van der Waals surface area (Å²) in [6.07, 6.45) is 1.71. The van der Waals surface area contributed by atoms with Gasteiger partial charge in [-0.1, -0.05) is 29.8 Å². The van der Waals surface area contributed by atoms with Crippen molar-refractivity contribution in [2.45, 2.75) is 6.92 Å². The number of benzene rings is 1. The van der Waals surface area contributed by atoms with Gasteiger partial charge in [0.1, 0.15) is 5.82 Å². The van der Waals surface area contributed by atoms with Crippen LogP contribution in [0.3, 0.4) is 0 Å². The Bertz CT molecular complexity index is 789. The molecule has 3 aromatic rings. The molecule has 0 amide bonds. The lowest BCUT2D eigenvalue weighted by Crippen LogP contribution is -1.97. The summed E-state index contributed by atoms with van der Waals surface area (Å²) in [5.41, 5.74) is 2.78. The molecule has 100 valence electrons. The van der Waals surface area contributed by atoms with E-state index < -0.39 is 0 Å². The molecule has 0 unspecified atom stereocenters. The number of aromatic nitrogens is 2. The zero-order chi connectivity index (χ0) is 14.1. The van der Waals surface area contributed by atoms with Crippen molar-refractivity contribution < 1.29 is 0 Å². The van der Waals surface area contributed by atoms with E-state index in [1.54, 1.807) is 12.3 Å². The molecule has 0 aliphatic carbocycles. The van der Waals surface area contributed by atoms with Gasteiger partial charge in [0.05, 0.1) is 16.2 Å². The van der Waals surface area contributed by atoms with Crippen LogP contribution in [-0.4, -0.2) is 9.97 Å². The van der Waals surface area contributed by atoms with Crippen molar-refractivity contribution >= 4 is 49.9 Å². The van der Waals surface area contributed by atoms with Crippen molar-refractivity contribution in [1.82, 2.24) is 9.97 Å². The molecule has 1 N–H and O–H groups in total. The SMILES string of the molecule is Cc1ccc2cccc(Nc3ncc(Br)cc3Cl)c2n1. The average Bonchev–Trinajstić information content (AvgIpc) is 2.42. The number of hydrogen-bond donors (Lipinski definition) is 1. The topological polar surface area (TPSA) is 37.8 Å². The number of para-hydroxylation sites is 1. The maximum atomic E-state index is 6.19. The van der Waals surface area contributed by atoms with E-state index >= 15 is 0 Å². The molecular weight excluding hydrogens is 338 g/mol. The van der Waals surface area contributed by atoms with Gasteiger partial charge < -0.3 is 5.32 Å². The third-order valence-electron chi connectivity index (χ3n) is 2.92. The summed E-state index contributed by atoms with van der Waals surface area (Å²) in [7, 11) is 0. The largest absolute Gasteiger partial charge is 0.337 e. The number of halogens is 2. The van der Waals surface area contributed by atoms with Crippen molar-refractivity contribution in [3.8, 4) is 0 Å². The summed E-state index contributed by atoms with van der Waals surface area (Å²) >= 11 is 9.53. The first kappa shape index (κ1) is 13.3. The highest BCUT2D eigenvalue weighted by molar-refractivity contribution is 9.10. The van der Waals surface area contributed by atoms with E-state index in [0.29, 0.717) is 10.8 Å². The second kappa shape index (κ2) is 5.38. The Balaban J connectivity index is 2.08. The molecule has 0 aliphatic rings. The molecule has 0 saturated heterocycles. The highest BCUT2D eigenvalue weighted by Crippen LogP contribution is 2.29. The van der Waals surface area contributed by atoms with Gasteiger partial charge in [0.25, 0.3) is 0 Å². The van der Waals surface area contributed by atoms with Gasteiger partial charge in [-0.05, 0) is 41.1 Å². The van der Waals surface area contributed by atoms with Gasteiger partial charge in [0.2, 0.25) is 0 Å². The highest BCUT2D eigenvalue weighted by Gasteiger charge is 2.07. The third kappa shape index (κ3) is 2.62. The van der Waals surface area contributed by atoms with Crippen LogP contribution in [0.2, 0.25) is 5.02 Å². The molecule has 5 heteroatoms. The number of aryl methyl sites for hydroxylation is 1. The minimum absolute atomic E-state index is 0.559. The molecular formula is C15H11BrClN3. The standard InChI is InChI=1S/C15H11BrClN3/c1-9-5-6-10-3-2-4-13(14(10)19-9)20-15-12(17)7-11(16)8-18-15/h2-8H,1H3,(H,18,20). The van der Waals surface area contributed by atoms with Gasteiger partial charge in [0, 0.05) is 21.7 Å². The first-order valence-corrected chi connectivity index (χ1v) is 7.25. The second-order valence-electron chi connectivity index (χ2n) is 4.44. The Hall–Kier alpha value is -1.65. The molecule has 0 spiro atoms. The molecule has 0 bridgehead atoms. The van der Waals surface area contributed by atoms with Crippen LogP contribution in [0.1, 0.15) is 5.69 Å². The predicted octanol–water partition coefficient (Wildman–Crippen LogP) is 5.10. The molecule has 20 heavy (non-hydrogen) atoms. The Morgan fingerprint density at radius 2 is 2.05 bits per heavy atom. The van der Waals surface area contributed by atoms with Crippen LogP contribution in [0.4, 0.5) is 11.5 Å². The first-order valence-electron chi connectivity index (χ1n) is 6.08. The molecule has 0 fully saturated rings. The number of nitrogens with one attached hydrogen (secondary N) is 1. The predicted molar refractivity (Wildman–Crippen MR) is 86.7 cm³/mol. The van der Waals surface area contributed by atoms with E-state index in [1.165, 1.54) is 0 Å². The second-order valence-corrected chi connectivity index (χ2v) is 5.76. The maximum absolute atomic E-state index is 6.19. The number of rotatable bonds is 2. The van der Waals surface area contributed by atoms with Crippen LogP contribution in [0.25, 0.3) is 10.9 Å². The fraction of sp³-hybridized carbons (Fsp3) is 0.0667. The smallest absolute Gasteiger partial charge is 0.149 e. The van der Waals surface area contributed by atoms with Crippen molar-refractivity contribution in [2.24, 2.45) is 0 Å². The summed E-state index contributed by atoms with van der Waals surface area (Å²) in [4.78, 5) is 8.86. The summed E-state index contributed by atoms with van der Waals surface area (Å²) in [6.45, 7) is 1.97. The van der Waals surface area contributed by atoms with Crippen LogP contribution in [0, 0.1) is 6.92 Å². The lowest BCUT2D eigenvalue weighted by atomic mass is 10.1. The quantitative estimate of drug-likeness (QED) is 0.700. The molecule has 0 saturated carbocycles. The van der Waals surface area contributed by atoms with E-state index in [-0.39, 0.29) is 0 Å². The van der Waals surface area contributed by atoms with Crippen molar-refractivity contribution in [3.63, 3.8) is 0 Å². The lowest BCUT2D eigenvalue weighted by molar-refractivity contribution is 1.25. The third-order valence-corrected chi connectivity index (χ3v) is 3.64. The van der Waals surface area contributed by atoms with Gasteiger partial charge in [-0.15, -0.1) is 0 Å². The van der Waals surface area contributed by atoms with Crippen LogP contribution in [0.5, 0.6) is 0 Å². The van der Waals surface area contributed by atoms with Gasteiger partial charge in [-0.3, -0.25) is 4.98 Å². The van der Waals surface area contributed by atoms with E-state index in [9.17, 15) is 0 Å². The lowest BCUT2D eigenvalue weighted by Gasteiger charge is -2.10. The summed E-state index contributed by atoms with van der Waals surface area (Å²) in [5, 5.41) is 4.88. The van der Waals surface area contributed by atoms with Crippen LogP contribution >= 0.6 is 27.5 Å². The number of nitrogens with zero attached hydrogens (tertiary/aromatic N) is 2. The van der Waals surface area contributed by atoms with Crippen LogP contribution < -0.4 is 5.32 Å². The number of pyridine rings is 2. The molecule has 1 aromatic carbocycles. The fourth-order valence-corrected chi connectivity index (χ4v) is 2.66. The molecule has 0 radical (unpaired) electrons. The van der Waals surface area contributed by atoms with Crippen molar-refractivity contribution in [2.75, 3.05) is 5.32 Å². The van der Waals surface area contributed by atoms with Gasteiger partial charge in [0.15, 0.2) is 0 Å². The molecule has 3 rings (SSSR count). The Morgan fingerprint density at radius 1 is 1.20 bits per heavy atom. The number of anilines is 2. The molecule has 0 aliphatic heterocycles. The van der Waals surface area contributed by atoms with Crippen molar-refractivity contribution in [1.29, 1.82) is 0 Å². The zero-order valence-electron chi connectivity index (χ0n) is 10.7. The fourth-order valence-electron chi connectivity index (χ4n) is 1.98. The minimum Gasteiger partial charge on any atom is -0.337 e. The molecule has 3 nitrogen and oxygen atoms in total. The summed E-state index contributed by atoms with van der Waals surface area (Å²) in [5.74, 6) is 0.616. The molecule has 0 atom stereocenters. The van der Waals surface area contributed by atoms with E-state index in [4.69, 9.17) is 11.6 Å². The van der Waals surface area contributed by atoms with Gasteiger partial charge in [-0.2, -0.15) is 0 Å². The maximum Gasteiger partial charge on any atom is 0.149 e. The Labute approximate surface area is 130 Å². The summed E-state index contributed by atoms with van der Waals surface area (Å²) in [6, 6.07) is 11.8. The Morgan fingerprint density at radius 3 is 2.85 bits per heavy atom. The normalized spacial score (nSPS) is 10.8. The molecule has 2 heterocycles. The Kier molecular flexibility index (Phi) is 3.59. The van der Waals surface area contributed by atoms with E-state index in [0.717, 1.165) is 26.8 Å². The highest BCUT2D eigenvalue weighted by atomic mass is 79.9. The number of fused-ring (bicyclic) bond motifs is 1. The van der Waals surface area contributed by atoms with Crippen LogP contribution in [0.15, 0.2) is 47.1 Å². The average molecular weight is 349 g/mol. The summed E-state index contributed by atoms with van der Waals surface area (Å²) < 4.78 is 0.847. The zero-order valence-corrected chi connectivity index (χ0v) is 13.0. The van der Waals surface area contributed by atoms with E-state index in [2.05, 4.69) is 37.3 Å². The number of hydrogen-bond acceptors (Lipinski definition) is 3. The van der Waals surface area contributed by atoms with Gasteiger partial charge in [-0.25, -0.2) is 4.98 Å². The van der Waals surface area contributed by atoms with E-state index in [1.807, 2.05) is 31.2 Å². The van der Waals surface area contributed by atoms with Gasteiger partial charge >= 0.3 is 0 Å². The minimum atomic E-state index is 0.559. The first-order chi connectivity index (χ1) is 9.63. The molecule has 2 aromatic heterocycles. The monoisotopic (exact) mass is 347 g/mol. The van der Waals surface area contributed by atoms with Crippen LogP contribution in [-0.2, 0) is 0 Å².